The van der Waals surface area contributed by atoms with Gasteiger partial charge in [0.15, 0.2) is 0 Å². The number of nitrogens with zero attached hydrogens (tertiary/aromatic N) is 3. The molecule has 3 rings (SSSR count). The summed E-state index contributed by atoms with van der Waals surface area (Å²) in [6.07, 6.45) is 3.39. The van der Waals surface area contributed by atoms with E-state index in [1.54, 1.807) is 12.4 Å². The molecular weight excluding hydrogens is 314 g/mol. The fraction of sp³-hybridized carbons (Fsp3) is 0.235. The zero-order valence-corrected chi connectivity index (χ0v) is 13.6. The van der Waals surface area contributed by atoms with E-state index < -0.39 is 5.97 Å². The first-order valence-electron chi connectivity index (χ1n) is 7.21. The van der Waals surface area contributed by atoms with Crippen molar-refractivity contribution in [1.29, 1.82) is 0 Å². The first kappa shape index (κ1) is 15.5. The highest BCUT2D eigenvalue weighted by Gasteiger charge is 2.20. The third-order valence-electron chi connectivity index (χ3n) is 3.85. The Morgan fingerprint density at radius 3 is 2.74 bits per heavy atom. The van der Waals surface area contributed by atoms with Gasteiger partial charge in [-0.2, -0.15) is 0 Å². The lowest BCUT2D eigenvalue weighted by atomic mass is 10.1. The second kappa shape index (κ2) is 6.38. The molecule has 0 bridgehead atoms. The van der Waals surface area contributed by atoms with Gasteiger partial charge in [0, 0.05) is 12.4 Å². The molecule has 5 nitrogen and oxygen atoms in total. The number of alkyl halides is 1. The largest absolute Gasteiger partial charge is 0.465 e. The molecule has 2 aromatic heterocycles. The molecule has 0 saturated carbocycles. The van der Waals surface area contributed by atoms with E-state index in [2.05, 4.69) is 16.9 Å². The van der Waals surface area contributed by atoms with Gasteiger partial charge in [0.2, 0.25) is 0 Å². The Hall–Kier alpha value is -2.40. The topological polar surface area (TPSA) is 57.0 Å². The zero-order chi connectivity index (χ0) is 16.4. The van der Waals surface area contributed by atoms with Crippen molar-refractivity contribution in [2.45, 2.75) is 18.8 Å². The van der Waals surface area contributed by atoms with Crippen molar-refractivity contribution in [1.82, 2.24) is 14.5 Å². The SMILES string of the molecule is COC(=O)c1cn([C@H](C)c2ccccc2)c2nc(CCl)ncc12. The molecule has 6 heteroatoms. The van der Waals surface area contributed by atoms with Crippen LogP contribution in [0, 0.1) is 0 Å². The summed E-state index contributed by atoms with van der Waals surface area (Å²) in [5.41, 5.74) is 2.24. The van der Waals surface area contributed by atoms with Gasteiger partial charge in [0.1, 0.15) is 11.5 Å². The first-order chi connectivity index (χ1) is 11.2. The van der Waals surface area contributed by atoms with Crippen LogP contribution in [0.3, 0.4) is 0 Å². The molecular formula is C17H16ClN3O2. The van der Waals surface area contributed by atoms with E-state index in [1.165, 1.54) is 7.11 Å². The molecule has 118 valence electrons. The number of rotatable bonds is 4. The van der Waals surface area contributed by atoms with Gasteiger partial charge >= 0.3 is 5.97 Å². The molecule has 0 aliphatic rings. The number of aromatic nitrogens is 3. The van der Waals surface area contributed by atoms with Crippen LogP contribution in [-0.4, -0.2) is 27.6 Å². The van der Waals surface area contributed by atoms with Crippen LogP contribution in [0.1, 0.15) is 34.7 Å². The zero-order valence-electron chi connectivity index (χ0n) is 12.9. The van der Waals surface area contributed by atoms with Crippen LogP contribution in [-0.2, 0) is 10.6 Å². The van der Waals surface area contributed by atoms with Gasteiger partial charge < -0.3 is 9.30 Å². The van der Waals surface area contributed by atoms with E-state index >= 15 is 0 Å². The van der Waals surface area contributed by atoms with Crippen molar-refractivity contribution in [3.05, 3.63) is 59.7 Å². The lowest BCUT2D eigenvalue weighted by Gasteiger charge is -2.15. The maximum atomic E-state index is 12.0. The van der Waals surface area contributed by atoms with Gasteiger partial charge in [-0.1, -0.05) is 30.3 Å². The third-order valence-corrected chi connectivity index (χ3v) is 4.08. The van der Waals surface area contributed by atoms with E-state index in [1.807, 2.05) is 34.9 Å². The van der Waals surface area contributed by atoms with Crippen LogP contribution in [0.5, 0.6) is 0 Å². The number of hydrogen-bond donors (Lipinski definition) is 0. The molecule has 1 atom stereocenters. The first-order valence-corrected chi connectivity index (χ1v) is 7.74. The number of carbonyl (C=O) groups is 1. The van der Waals surface area contributed by atoms with E-state index in [4.69, 9.17) is 16.3 Å². The van der Waals surface area contributed by atoms with Crippen molar-refractivity contribution >= 4 is 28.6 Å². The maximum Gasteiger partial charge on any atom is 0.340 e. The van der Waals surface area contributed by atoms with E-state index in [0.717, 1.165) is 5.56 Å². The Morgan fingerprint density at radius 1 is 1.35 bits per heavy atom. The Balaban J connectivity index is 2.20. The van der Waals surface area contributed by atoms with Gasteiger partial charge in [-0.3, -0.25) is 0 Å². The number of methoxy groups -OCH3 is 1. The van der Waals surface area contributed by atoms with Gasteiger partial charge in [0.05, 0.1) is 30.0 Å². The molecule has 0 radical (unpaired) electrons. The predicted molar refractivity (Wildman–Crippen MR) is 88.7 cm³/mol. The van der Waals surface area contributed by atoms with Crippen LogP contribution in [0.4, 0.5) is 0 Å². The molecule has 0 N–H and O–H groups in total. The Kier molecular flexibility index (Phi) is 4.30. The quantitative estimate of drug-likeness (QED) is 0.542. The predicted octanol–water partition coefficient (Wildman–Crippen LogP) is 3.57. The summed E-state index contributed by atoms with van der Waals surface area (Å²) >= 11 is 5.85. The van der Waals surface area contributed by atoms with Crippen molar-refractivity contribution in [3.8, 4) is 0 Å². The number of fused-ring (bicyclic) bond motifs is 1. The van der Waals surface area contributed by atoms with Crippen molar-refractivity contribution in [2.75, 3.05) is 7.11 Å². The lowest BCUT2D eigenvalue weighted by molar-refractivity contribution is 0.0602. The summed E-state index contributed by atoms with van der Waals surface area (Å²) in [7, 11) is 1.36. The monoisotopic (exact) mass is 329 g/mol. The summed E-state index contributed by atoms with van der Waals surface area (Å²) in [6, 6.07) is 10.0. The minimum Gasteiger partial charge on any atom is -0.465 e. The van der Waals surface area contributed by atoms with Gasteiger partial charge in [-0.25, -0.2) is 14.8 Å². The smallest absolute Gasteiger partial charge is 0.340 e. The van der Waals surface area contributed by atoms with Crippen LogP contribution in [0.25, 0.3) is 11.0 Å². The van der Waals surface area contributed by atoms with Crippen LogP contribution >= 0.6 is 11.6 Å². The number of esters is 1. The normalized spacial score (nSPS) is 12.3. The minimum absolute atomic E-state index is 0.00943. The maximum absolute atomic E-state index is 12.0. The third kappa shape index (κ3) is 2.80. The second-order valence-corrected chi connectivity index (χ2v) is 5.45. The van der Waals surface area contributed by atoms with E-state index in [9.17, 15) is 4.79 Å². The van der Waals surface area contributed by atoms with E-state index in [0.29, 0.717) is 22.4 Å². The van der Waals surface area contributed by atoms with Gasteiger partial charge in [-0.05, 0) is 12.5 Å². The molecule has 3 aromatic rings. The van der Waals surface area contributed by atoms with Crippen molar-refractivity contribution in [2.24, 2.45) is 0 Å². The van der Waals surface area contributed by atoms with Crippen LogP contribution in [0.15, 0.2) is 42.7 Å². The van der Waals surface area contributed by atoms with Gasteiger partial charge in [0.25, 0.3) is 0 Å². The van der Waals surface area contributed by atoms with Gasteiger partial charge in [-0.15, -0.1) is 11.6 Å². The summed E-state index contributed by atoms with van der Waals surface area (Å²) < 4.78 is 6.82. The molecule has 0 aliphatic carbocycles. The summed E-state index contributed by atoms with van der Waals surface area (Å²) in [5.74, 6) is 0.334. The Labute approximate surface area is 138 Å². The number of ether oxygens (including phenoxy) is 1. The molecule has 0 aliphatic heterocycles. The fourth-order valence-electron chi connectivity index (χ4n) is 2.59. The van der Waals surface area contributed by atoms with Crippen LogP contribution in [0.2, 0.25) is 0 Å². The Bertz CT molecular complexity index is 846. The number of hydrogen-bond acceptors (Lipinski definition) is 4. The molecule has 23 heavy (non-hydrogen) atoms. The summed E-state index contributed by atoms with van der Waals surface area (Å²) in [6.45, 7) is 2.05. The molecule has 0 fully saturated rings. The average Bonchev–Trinajstić information content (AvgIpc) is 2.99. The average molecular weight is 330 g/mol. The highest BCUT2D eigenvalue weighted by molar-refractivity contribution is 6.16. The number of halogens is 1. The summed E-state index contributed by atoms with van der Waals surface area (Å²) in [5, 5.41) is 0.661. The number of benzene rings is 1. The molecule has 2 heterocycles. The highest BCUT2D eigenvalue weighted by atomic mass is 35.5. The van der Waals surface area contributed by atoms with Crippen molar-refractivity contribution in [3.63, 3.8) is 0 Å². The molecule has 0 amide bonds. The second-order valence-electron chi connectivity index (χ2n) is 5.19. The lowest BCUT2D eigenvalue weighted by Crippen LogP contribution is -2.07. The summed E-state index contributed by atoms with van der Waals surface area (Å²) in [4.78, 5) is 20.7. The standard InChI is InChI=1S/C17H16ClN3O2/c1-11(12-6-4-3-5-7-12)21-10-14(17(22)23-2)13-9-19-15(8-18)20-16(13)21/h3-7,9-11H,8H2,1-2H3/t11-/m1/s1. The van der Waals surface area contributed by atoms with E-state index in [-0.39, 0.29) is 11.9 Å². The molecule has 0 spiro atoms. The minimum atomic E-state index is -0.406. The molecule has 1 aromatic carbocycles. The fourth-order valence-corrected chi connectivity index (χ4v) is 2.72. The number of carbonyl (C=O) groups excluding carboxylic acids is 1. The van der Waals surface area contributed by atoms with Crippen LogP contribution < -0.4 is 0 Å². The molecule has 0 unspecified atom stereocenters. The Morgan fingerprint density at radius 2 is 2.09 bits per heavy atom. The highest BCUT2D eigenvalue weighted by Crippen LogP contribution is 2.27. The van der Waals surface area contributed by atoms with Crippen molar-refractivity contribution < 1.29 is 9.53 Å². The molecule has 0 saturated heterocycles.